The van der Waals surface area contributed by atoms with E-state index in [2.05, 4.69) is 11.9 Å². The number of hydrogen-bond donors (Lipinski definition) is 1. The van der Waals surface area contributed by atoms with E-state index in [0.29, 0.717) is 28.8 Å². The minimum absolute atomic E-state index is 0.316. The molecule has 1 atom stereocenters. The summed E-state index contributed by atoms with van der Waals surface area (Å²) < 4.78 is 5.01. The molecule has 0 aliphatic carbocycles. The van der Waals surface area contributed by atoms with E-state index < -0.39 is 6.04 Å². The van der Waals surface area contributed by atoms with Crippen molar-refractivity contribution in [1.29, 1.82) is 0 Å². The number of carbonyl (C=O) groups excluding carboxylic acids is 1. The van der Waals surface area contributed by atoms with E-state index in [0.717, 1.165) is 0 Å². The molecule has 0 aliphatic rings. The van der Waals surface area contributed by atoms with Gasteiger partial charge in [-0.15, -0.1) is 6.58 Å². The Labute approximate surface area is 117 Å². The van der Waals surface area contributed by atoms with Gasteiger partial charge >= 0.3 is 5.97 Å². The van der Waals surface area contributed by atoms with Crippen molar-refractivity contribution < 1.29 is 9.53 Å². The van der Waals surface area contributed by atoms with Crippen molar-refractivity contribution in [3.63, 3.8) is 0 Å². The van der Waals surface area contributed by atoms with Crippen LogP contribution in [0.3, 0.4) is 0 Å². The smallest absolute Gasteiger partial charge is 0.327 e. The Morgan fingerprint density at radius 2 is 2.28 bits per heavy atom. The summed E-state index contributed by atoms with van der Waals surface area (Å²) in [6.45, 7) is 6.15. The van der Waals surface area contributed by atoms with Crippen LogP contribution >= 0.6 is 23.2 Å². The van der Waals surface area contributed by atoms with Crippen LogP contribution in [0.15, 0.2) is 30.9 Å². The molecule has 0 aromatic heterocycles. The van der Waals surface area contributed by atoms with E-state index in [4.69, 9.17) is 27.9 Å². The monoisotopic (exact) mass is 287 g/mol. The van der Waals surface area contributed by atoms with E-state index in [9.17, 15) is 4.79 Å². The SMILES string of the molecule is C=CCNC(C(=O)OCC)c1ccc(Cl)cc1Cl. The van der Waals surface area contributed by atoms with Gasteiger partial charge in [-0.3, -0.25) is 5.32 Å². The zero-order valence-corrected chi connectivity index (χ0v) is 11.6. The Hall–Kier alpha value is -1.03. The van der Waals surface area contributed by atoms with Crippen molar-refractivity contribution in [3.05, 3.63) is 46.5 Å². The molecule has 1 aromatic carbocycles. The van der Waals surface area contributed by atoms with Crippen molar-refractivity contribution >= 4 is 29.2 Å². The van der Waals surface area contributed by atoms with Gasteiger partial charge in [0.2, 0.25) is 0 Å². The Morgan fingerprint density at radius 3 is 2.83 bits per heavy atom. The summed E-state index contributed by atoms with van der Waals surface area (Å²) in [7, 11) is 0. The van der Waals surface area contributed by atoms with Gasteiger partial charge in [-0.1, -0.05) is 35.3 Å². The molecular weight excluding hydrogens is 273 g/mol. The maximum absolute atomic E-state index is 11.9. The van der Waals surface area contributed by atoms with E-state index in [1.165, 1.54) is 0 Å². The first-order valence-electron chi connectivity index (χ1n) is 5.56. The van der Waals surface area contributed by atoms with E-state index in [1.807, 2.05) is 0 Å². The molecule has 0 aliphatic heterocycles. The van der Waals surface area contributed by atoms with Crippen LogP contribution in [0.1, 0.15) is 18.5 Å². The van der Waals surface area contributed by atoms with E-state index in [-0.39, 0.29) is 5.97 Å². The van der Waals surface area contributed by atoms with Crippen LogP contribution in [0.5, 0.6) is 0 Å². The molecule has 0 fully saturated rings. The summed E-state index contributed by atoms with van der Waals surface area (Å²) in [4.78, 5) is 11.9. The first-order valence-corrected chi connectivity index (χ1v) is 6.31. The van der Waals surface area contributed by atoms with Crippen LogP contribution in [-0.4, -0.2) is 19.1 Å². The second-order valence-corrected chi connectivity index (χ2v) is 4.39. The molecule has 0 spiro atoms. The van der Waals surface area contributed by atoms with Gasteiger partial charge in [0.25, 0.3) is 0 Å². The molecule has 0 amide bonds. The van der Waals surface area contributed by atoms with E-state index in [1.54, 1.807) is 31.2 Å². The number of esters is 1. The highest BCUT2D eigenvalue weighted by Crippen LogP contribution is 2.27. The Balaban J connectivity index is 3.00. The highest BCUT2D eigenvalue weighted by molar-refractivity contribution is 6.35. The number of carbonyl (C=O) groups is 1. The lowest BCUT2D eigenvalue weighted by molar-refractivity contribution is -0.145. The minimum Gasteiger partial charge on any atom is -0.465 e. The number of ether oxygens (including phenoxy) is 1. The van der Waals surface area contributed by atoms with Crippen molar-refractivity contribution in [2.24, 2.45) is 0 Å². The van der Waals surface area contributed by atoms with Gasteiger partial charge in [-0.25, -0.2) is 4.79 Å². The normalized spacial score (nSPS) is 11.9. The highest BCUT2D eigenvalue weighted by atomic mass is 35.5. The highest BCUT2D eigenvalue weighted by Gasteiger charge is 2.23. The van der Waals surface area contributed by atoms with Gasteiger partial charge in [0, 0.05) is 16.6 Å². The van der Waals surface area contributed by atoms with Gasteiger partial charge < -0.3 is 4.74 Å². The summed E-state index contributed by atoms with van der Waals surface area (Å²) >= 11 is 11.9. The van der Waals surface area contributed by atoms with Crippen LogP contribution < -0.4 is 5.32 Å². The Kier molecular flexibility index (Phi) is 6.19. The summed E-state index contributed by atoms with van der Waals surface area (Å²) in [5.74, 6) is -0.372. The molecule has 1 rings (SSSR count). The molecule has 0 saturated carbocycles. The second kappa shape index (κ2) is 7.41. The lowest BCUT2D eigenvalue weighted by Crippen LogP contribution is -2.30. The Morgan fingerprint density at radius 1 is 1.56 bits per heavy atom. The summed E-state index contributed by atoms with van der Waals surface area (Å²) in [6, 6.07) is 4.38. The van der Waals surface area contributed by atoms with Crippen molar-refractivity contribution in [2.45, 2.75) is 13.0 Å². The van der Waals surface area contributed by atoms with Gasteiger partial charge in [-0.05, 0) is 24.6 Å². The molecule has 1 aromatic rings. The van der Waals surface area contributed by atoms with Crippen LogP contribution in [-0.2, 0) is 9.53 Å². The molecule has 0 heterocycles. The summed E-state index contributed by atoms with van der Waals surface area (Å²) in [5.41, 5.74) is 0.640. The molecule has 18 heavy (non-hydrogen) atoms. The third-order valence-electron chi connectivity index (χ3n) is 2.26. The average Bonchev–Trinajstić information content (AvgIpc) is 2.32. The van der Waals surface area contributed by atoms with Gasteiger partial charge in [0.15, 0.2) is 0 Å². The first kappa shape index (κ1) is 15.0. The van der Waals surface area contributed by atoms with E-state index >= 15 is 0 Å². The number of hydrogen-bond acceptors (Lipinski definition) is 3. The number of halogens is 2. The minimum atomic E-state index is -0.618. The molecule has 0 saturated heterocycles. The Bertz CT molecular complexity index is 435. The molecule has 1 N–H and O–H groups in total. The van der Waals surface area contributed by atoms with Crippen molar-refractivity contribution in [3.8, 4) is 0 Å². The van der Waals surface area contributed by atoms with Crippen LogP contribution in [0.25, 0.3) is 0 Å². The van der Waals surface area contributed by atoms with Gasteiger partial charge in [0.1, 0.15) is 6.04 Å². The summed E-state index contributed by atoms with van der Waals surface area (Å²) in [6.07, 6.45) is 1.66. The number of benzene rings is 1. The van der Waals surface area contributed by atoms with Crippen LogP contribution in [0, 0.1) is 0 Å². The fourth-order valence-electron chi connectivity index (χ4n) is 1.48. The molecule has 98 valence electrons. The first-order chi connectivity index (χ1) is 8.60. The standard InChI is InChI=1S/C13H15Cl2NO2/c1-3-7-16-12(13(17)18-4-2)10-6-5-9(14)8-11(10)15/h3,5-6,8,12,16H,1,4,7H2,2H3. The van der Waals surface area contributed by atoms with Crippen LogP contribution in [0.4, 0.5) is 0 Å². The average molecular weight is 288 g/mol. The fourth-order valence-corrected chi connectivity index (χ4v) is 2.00. The third kappa shape index (κ3) is 4.02. The second-order valence-electron chi connectivity index (χ2n) is 3.55. The lowest BCUT2D eigenvalue weighted by Gasteiger charge is -2.18. The molecule has 0 bridgehead atoms. The molecule has 5 heteroatoms. The molecular formula is C13H15Cl2NO2. The van der Waals surface area contributed by atoms with Gasteiger partial charge in [0.05, 0.1) is 6.61 Å². The third-order valence-corrected chi connectivity index (χ3v) is 2.82. The zero-order chi connectivity index (χ0) is 13.5. The zero-order valence-electron chi connectivity index (χ0n) is 10.1. The van der Waals surface area contributed by atoms with Crippen LogP contribution in [0.2, 0.25) is 10.0 Å². The maximum atomic E-state index is 11.9. The van der Waals surface area contributed by atoms with Gasteiger partial charge in [-0.2, -0.15) is 0 Å². The molecule has 0 radical (unpaired) electrons. The molecule has 1 unspecified atom stereocenters. The summed E-state index contributed by atoms with van der Waals surface area (Å²) in [5, 5.41) is 3.96. The number of rotatable bonds is 6. The maximum Gasteiger partial charge on any atom is 0.327 e. The number of nitrogens with one attached hydrogen (secondary N) is 1. The fraction of sp³-hybridized carbons (Fsp3) is 0.308. The topological polar surface area (TPSA) is 38.3 Å². The quantitative estimate of drug-likeness (QED) is 0.644. The predicted octanol–water partition coefficient (Wildman–Crippen LogP) is 3.37. The van der Waals surface area contributed by atoms with Crippen molar-refractivity contribution in [2.75, 3.05) is 13.2 Å². The largest absolute Gasteiger partial charge is 0.465 e. The predicted molar refractivity (Wildman–Crippen MR) is 74.0 cm³/mol. The van der Waals surface area contributed by atoms with Crippen molar-refractivity contribution in [1.82, 2.24) is 5.32 Å². The molecule has 3 nitrogen and oxygen atoms in total. The lowest BCUT2D eigenvalue weighted by atomic mass is 10.1.